The molecule has 1 spiro atoms. The number of carbonyl (C=O) groups excluding carboxylic acids is 5. The van der Waals surface area contributed by atoms with Crippen LogP contribution in [0.2, 0.25) is 0 Å². The summed E-state index contributed by atoms with van der Waals surface area (Å²) in [5.41, 5.74) is 0.0715. The summed E-state index contributed by atoms with van der Waals surface area (Å²) in [6, 6.07) is -2.87. The van der Waals surface area contributed by atoms with Gasteiger partial charge in [0.05, 0.1) is 19.3 Å². The number of Topliss-reactive ketones (excluding diaryl/α,β-unsaturated/α-hetero) is 1. The molecule has 0 aromatic carbocycles. The van der Waals surface area contributed by atoms with Gasteiger partial charge in [0, 0.05) is 23.9 Å². The quantitative estimate of drug-likeness (QED) is 0.271. The predicted octanol–water partition coefficient (Wildman–Crippen LogP) is -0.0710. The van der Waals surface area contributed by atoms with E-state index in [0.717, 1.165) is 0 Å². The zero-order chi connectivity index (χ0) is 27.4. The van der Waals surface area contributed by atoms with Crippen molar-refractivity contribution in [1.29, 1.82) is 0 Å². The molecule has 208 valence electrons. The normalized spacial score (nSPS) is 22.4. The number of amides is 4. The minimum Gasteiger partial charge on any atom is -0.380 e. The molecule has 4 amide bonds. The number of alkyl halides is 3. The molecule has 3 atom stereocenters. The maximum Gasteiger partial charge on any atom is 0.522 e. The van der Waals surface area contributed by atoms with Gasteiger partial charge in [-0.1, -0.05) is 13.8 Å². The zero-order valence-electron chi connectivity index (χ0n) is 20.7. The summed E-state index contributed by atoms with van der Waals surface area (Å²) in [7, 11) is 0. The molecular weight excluding hydrogens is 501 g/mol. The number of ketones is 1. The molecule has 4 N–H and O–H groups in total. The van der Waals surface area contributed by atoms with E-state index in [1.54, 1.807) is 13.8 Å². The molecule has 2 heterocycles. The van der Waals surface area contributed by atoms with Crippen LogP contribution in [0.15, 0.2) is 0 Å². The van der Waals surface area contributed by atoms with Crippen molar-refractivity contribution < 1.29 is 46.6 Å². The molecule has 14 heteroatoms. The van der Waals surface area contributed by atoms with Gasteiger partial charge < -0.3 is 26.0 Å². The molecule has 3 rings (SSSR count). The van der Waals surface area contributed by atoms with Gasteiger partial charge in [-0.15, -0.1) is 13.2 Å². The van der Waals surface area contributed by atoms with Crippen LogP contribution < -0.4 is 21.3 Å². The monoisotopic (exact) mass is 534 g/mol. The Labute approximate surface area is 211 Å². The van der Waals surface area contributed by atoms with Crippen molar-refractivity contribution >= 4 is 29.4 Å². The Morgan fingerprint density at radius 2 is 1.78 bits per heavy atom. The molecule has 3 fully saturated rings. The van der Waals surface area contributed by atoms with E-state index in [1.807, 2.05) is 0 Å². The molecule has 0 bridgehead atoms. The van der Waals surface area contributed by atoms with Crippen molar-refractivity contribution in [3.63, 3.8) is 0 Å². The number of ether oxygens (including phenoxy) is 2. The maximum atomic E-state index is 13.0. The van der Waals surface area contributed by atoms with Crippen molar-refractivity contribution in [3.8, 4) is 0 Å². The van der Waals surface area contributed by atoms with Gasteiger partial charge in [-0.05, 0) is 38.0 Å². The Balaban J connectivity index is 1.61. The highest BCUT2D eigenvalue weighted by molar-refractivity contribution is 6.35. The molecule has 0 aromatic heterocycles. The second kappa shape index (κ2) is 11.8. The fraction of sp³-hybridized carbons (Fsp3) is 0.783. The summed E-state index contributed by atoms with van der Waals surface area (Å²) in [6.07, 6.45) is -3.45. The zero-order valence-corrected chi connectivity index (χ0v) is 20.7. The van der Waals surface area contributed by atoms with E-state index in [0.29, 0.717) is 39.0 Å². The molecule has 0 radical (unpaired) electrons. The number of nitrogens with one attached hydrogen (secondary N) is 4. The first-order chi connectivity index (χ1) is 17.3. The number of hydrogen-bond acceptors (Lipinski definition) is 7. The van der Waals surface area contributed by atoms with E-state index in [9.17, 15) is 37.1 Å². The Kier molecular flexibility index (Phi) is 9.16. The van der Waals surface area contributed by atoms with Crippen LogP contribution in [0.5, 0.6) is 0 Å². The molecule has 3 aliphatic rings. The van der Waals surface area contributed by atoms with Crippen molar-refractivity contribution in [2.45, 2.75) is 70.4 Å². The summed E-state index contributed by atoms with van der Waals surface area (Å²) >= 11 is 0. The minimum atomic E-state index is -5.05. The average Bonchev–Trinajstić information content (AvgIpc) is 3.15. The van der Waals surface area contributed by atoms with Crippen LogP contribution in [0, 0.1) is 17.3 Å². The van der Waals surface area contributed by atoms with Gasteiger partial charge in [0.1, 0.15) is 12.6 Å². The summed E-state index contributed by atoms with van der Waals surface area (Å²) < 4.78 is 46.2. The van der Waals surface area contributed by atoms with E-state index in [-0.39, 0.29) is 36.1 Å². The first-order valence-corrected chi connectivity index (χ1v) is 12.3. The topological polar surface area (TPSA) is 152 Å². The second-order valence-electron chi connectivity index (χ2n) is 10.5. The minimum absolute atomic E-state index is 0.0715. The van der Waals surface area contributed by atoms with Gasteiger partial charge in [0.2, 0.25) is 11.8 Å². The highest BCUT2D eigenvalue weighted by Crippen LogP contribution is 2.46. The van der Waals surface area contributed by atoms with Gasteiger partial charge >= 0.3 is 18.2 Å². The lowest BCUT2D eigenvalue weighted by atomic mass is 9.64. The lowest BCUT2D eigenvalue weighted by Crippen LogP contribution is -2.61. The maximum absolute atomic E-state index is 13.0. The third kappa shape index (κ3) is 8.12. The summed E-state index contributed by atoms with van der Waals surface area (Å²) in [4.78, 5) is 62.4. The lowest BCUT2D eigenvalue weighted by molar-refractivity contribution is -0.321. The van der Waals surface area contributed by atoms with E-state index >= 15 is 0 Å². The van der Waals surface area contributed by atoms with Crippen LogP contribution in [0.1, 0.15) is 46.0 Å². The molecule has 11 nitrogen and oxygen atoms in total. The summed E-state index contributed by atoms with van der Waals surface area (Å²) in [6.45, 7) is 3.78. The summed E-state index contributed by atoms with van der Waals surface area (Å²) in [5, 5.41) is 9.91. The predicted molar refractivity (Wildman–Crippen MR) is 120 cm³/mol. The van der Waals surface area contributed by atoms with E-state index in [2.05, 4.69) is 26.0 Å². The molecule has 37 heavy (non-hydrogen) atoms. The molecular formula is C23H33F3N4O7. The van der Waals surface area contributed by atoms with Gasteiger partial charge in [-0.3, -0.25) is 28.7 Å². The molecule has 2 saturated heterocycles. The molecule has 0 aromatic rings. The molecule has 1 saturated carbocycles. The van der Waals surface area contributed by atoms with Crippen LogP contribution in [0.4, 0.5) is 13.2 Å². The van der Waals surface area contributed by atoms with Crippen LogP contribution >= 0.6 is 0 Å². The van der Waals surface area contributed by atoms with E-state index in [1.165, 1.54) is 0 Å². The van der Waals surface area contributed by atoms with Gasteiger partial charge in [-0.2, -0.15) is 0 Å². The van der Waals surface area contributed by atoms with Gasteiger partial charge in [-0.25, -0.2) is 0 Å². The number of halogens is 3. The van der Waals surface area contributed by atoms with E-state index in [4.69, 9.17) is 4.74 Å². The van der Waals surface area contributed by atoms with Crippen molar-refractivity contribution in [2.75, 3.05) is 26.4 Å². The molecule has 0 unspecified atom stereocenters. The smallest absolute Gasteiger partial charge is 0.380 e. The Bertz CT molecular complexity index is 899. The van der Waals surface area contributed by atoms with E-state index < -0.39 is 54.5 Å². The standard InChI is InChI=1S/C23H33F3N4O7/c1-12(2)5-16(30-21(35)20(34)28-14-7-22(8-14)10-36-11-22)19(33)29-15(6-13-3-4-27-18(13)32)17(31)9-37-23(24,25)26/h12-16H,3-11H2,1-2H3,(H,27,32)(H,28,34)(H,29,33)(H,30,35)/t13-,15-,16-/m0/s1. The number of hydrogen-bond donors (Lipinski definition) is 4. The van der Waals surface area contributed by atoms with Gasteiger partial charge in [0.15, 0.2) is 5.78 Å². The Morgan fingerprint density at radius 1 is 1.11 bits per heavy atom. The van der Waals surface area contributed by atoms with Crippen LogP contribution in [0.3, 0.4) is 0 Å². The van der Waals surface area contributed by atoms with Crippen molar-refractivity contribution in [2.24, 2.45) is 17.3 Å². The third-order valence-electron chi connectivity index (χ3n) is 6.81. The van der Waals surface area contributed by atoms with Crippen molar-refractivity contribution in [3.05, 3.63) is 0 Å². The first kappa shape index (κ1) is 28.8. The Hall–Kier alpha value is -2.74. The Morgan fingerprint density at radius 3 is 2.30 bits per heavy atom. The average molecular weight is 535 g/mol. The molecule has 2 aliphatic heterocycles. The highest BCUT2D eigenvalue weighted by atomic mass is 19.4. The fourth-order valence-electron chi connectivity index (χ4n) is 4.84. The van der Waals surface area contributed by atoms with Crippen molar-refractivity contribution in [1.82, 2.24) is 21.3 Å². The lowest BCUT2D eigenvalue weighted by Gasteiger charge is -2.53. The van der Waals surface area contributed by atoms with Crippen LogP contribution in [-0.2, 0) is 33.4 Å². The largest absolute Gasteiger partial charge is 0.522 e. The number of carbonyl (C=O) groups is 5. The highest BCUT2D eigenvalue weighted by Gasteiger charge is 2.50. The number of rotatable bonds is 11. The fourth-order valence-corrected chi connectivity index (χ4v) is 4.84. The van der Waals surface area contributed by atoms with Gasteiger partial charge in [0.25, 0.3) is 0 Å². The van der Waals surface area contributed by atoms with Crippen LogP contribution in [-0.4, -0.2) is 80.3 Å². The third-order valence-corrected chi connectivity index (χ3v) is 6.81. The van der Waals surface area contributed by atoms with Crippen LogP contribution in [0.25, 0.3) is 0 Å². The summed E-state index contributed by atoms with van der Waals surface area (Å²) in [5.74, 6) is -5.05. The molecule has 1 aliphatic carbocycles. The second-order valence-corrected chi connectivity index (χ2v) is 10.5. The first-order valence-electron chi connectivity index (χ1n) is 12.3. The SMILES string of the molecule is CC(C)C[C@H](NC(=O)C(=O)NC1CC2(COC2)C1)C(=O)N[C@@H](C[C@@H]1CCNC1=O)C(=O)COC(F)(F)F.